The summed E-state index contributed by atoms with van der Waals surface area (Å²) in [7, 11) is 0. The van der Waals surface area contributed by atoms with Crippen molar-refractivity contribution in [1.82, 2.24) is 9.80 Å². The lowest BCUT2D eigenvalue weighted by molar-refractivity contribution is -0.126. The van der Waals surface area contributed by atoms with Crippen molar-refractivity contribution < 1.29 is 18.4 Å². The summed E-state index contributed by atoms with van der Waals surface area (Å²) in [6, 6.07) is 27.1. The van der Waals surface area contributed by atoms with Crippen LogP contribution >= 0.6 is 11.8 Å². The Bertz CT molecular complexity index is 1560. The van der Waals surface area contributed by atoms with E-state index in [4.69, 9.17) is 4.42 Å². The van der Waals surface area contributed by atoms with Gasteiger partial charge in [-0.05, 0) is 79.4 Å². The second kappa shape index (κ2) is 12.8. The van der Waals surface area contributed by atoms with Gasteiger partial charge in [0.15, 0.2) is 5.17 Å². The van der Waals surface area contributed by atoms with E-state index in [0.29, 0.717) is 22.3 Å². The molecule has 1 unspecified atom stereocenters. The Morgan fingerprint density at radius 2 is 1.86 bits per heavy atom. The monoisotopic (exact) mass is 582 g/mol. The number of halogens is 1. The number of benzene rings is 3. The molecule has 6 rings (SSSR count). The number of hydrogen-bond acceptors (Lipinski definition) is 6. The fourth-order valence-electron chi connectivity index (χ4n) is 5.39. The van der Waals surface area contributed by atoms with Crippen molar-refractivity contribution in [1.29, 1.82) is 0 Å². The van der Waals surface area contributed by atoms with Crippen molar-refractivity contribution in [2.45, 2.75) is 37.1 Å². The molecule has 2 aliphatic heterocycles. The lowest BCUT2D eigenvalue weighted by Crippen LogP contribution is -2.40. The molecule has 0 aliphatic carbocycles. The Hall–Kier alpha value is -4.21. The molecule has 2 aliphatic rings. The molecule has 4 aromatic rings. The molecule has 2 saturated heterocycles. The first-order valence-electron chi connectivity index (χ1n) is 14.1. The largest absolute Gasteiger partial charge is 0.467 e. The van der Waals surface area contributed by atoms with E-state index in [1.165, 1.54) is 29.5 Å². The van der Waals surface area contributed by atoms with E-state index >= 15 is 0 Å². The molecule has 0 saturated carbocycles. The smallest absolute Gasteiger partial charge is 0.247 e. The number of amides is 2. The van der Waals surface area contributed by atoms with Gasteiger partial charge in [-0.2, -0.15) is 0 Å². The van der Waals surface area contributed by atoms with Gasteiger partial charge >= 0.3 is 0 Å². The standard InChI is InChI=1S/C33H31FN4O3S/c34-25-9-4-10-27(21-25)36-33-38(22-28-11-6-20-41-28)32(40)30(42-33)24-13-15-26(16-14-24)35-31(39)29-12-5-18-37(29)19-17-23-7-2-1-3-8-23/h1-4,6-11,13-16,20-21,29-30H,5,12,17-19,22H2,(H,35,39)/t29-,30?/m0/s1. The van der Waals surface area contributed by atoms with Crippen molar-refractivity contribution in [3.63, 3.8) is 0 Å². The van der Waals surface area contributed by atoms with Gasteiger partial charge < -0.3 is 9.73 Å². The predicted octanol–water partition coefficient (Wildman–Crippen LogP) is 6.57. The zero-order valence-corrected chi connectivity index (χ0v) is 23.8. The highest BCUT2D eigenvalue weighted by atomic mass is 32.2. The molecule has 7 nitrogen and oxygen atoms in total. The van der Waals surface area contributed by atoms with Gasteiger partial charge in [-0.15, -0.1) is 0 Å². The van der Waals surface area contributed by atoms with Crippen LogP contribution in [0, 0.1) is 5.82 Å². The number of thioether (sulfide) groups is 1. The maximum absolute atomic E-state index is 13.8. The Labute approximate surface area is 248 Å². The van der Waals surface area contributed by atoms with Gasteiger partial charge in [0.05, 0.1) is 24.5 Å². The van der Waals surface area contributed by atoms with Gasteiger partial charge in [0.25, 0.3) is 0 Å². The molecule has 2 atom stereocenters. The van der Waals surface area contributed by atoms with Gasteiger partial charge in [-0.3, -0.25) is 19.4 Å². The minimum atomic E-state index is -0.527. The molecule has 1 aromatic heterocycles. The van der Waals surface area contributed by atoms with Crippen molar-refractivity contribution in [2.24, 2.45) is 4.99 Å². The van der Waals surface area contributed by atoms with Gasteiger partial charge in [-0.1, -0.05) is 60.3 Å². The molecule has 42 heavy (non-hydrogen) atoms. The van der Waals surface area contributed by atoms with Gasteiger partial charge in [0, 0.05) is 12.2 Å². The van der Waals surface area contributed by atoms with E-state index in [9.17, 15) is 14.0 Å². The van der Waals surface area contributed by atoms with E-state index in [0.717, 1.165) is 37.9 Å². The number of furan rings is 1. The normalized spacial score (nSPS) is 20.0. The van der Waals surface area contributed by atoms with Crippen LogP contribution in [-0.2, 0) is 22.6 Å². The van der Waals surface area contributed by atoms with E-state index in [-0.39, 0.29) is 24.4 Å². The quantitative estimate of drug-likeness (QED) is 0.242. The Kier molecular flexibility index (Phi) is 8.48. The number of nitrogens with one attached hydrogen (secondary N) is 1. The van der Waals surface area contributed by atoms with E-state index < -0.39 is 11.1 Å². The van der Waals surface area contributed by atoms with Crippen LogP contribution < -0.4 is 5.32 Å². The molecule has 0 bridgehead atoms. The average molecular weight is 583 g/mol. The zero-order valence-electron chi connectivity index (χ0n) is 23.0. The molecular weight excluding hydrogens is 551 g/mol. The lowest BCUT2D eigenvalue weighted by Gasteiger charge is -2.23. The number of carbonyl (C=O) groups is 2. The number of likely N-dealkylation sites (tertiary alicyclic amines) is 1. The molecule has 0 radical (unpaired) electrons. The second-order valence-electron chi connectivity index (χ2n) is 10.4. The Morgan fingerprint density at radius 1 is 1.02 bits per heavy atom. The zero-order chi connectivity index (χ0) is 28.9. The second-order valence-corrected chi connectivity index (χ2v) is 11.5. The van der Waals surface area contributed by atoms with Crippen molar-refractivity contribution in [2.75, 3.05) is 18.4 Å². The first-order chi connectivity index (χ1) is 20.5. The molecular formula is C33H31FN4O3S. The highest BCUT2D eigenvalue weighted by molar-refractivity contribution is 8.15. The molecule has 3 heterocycles. The van der Waals surface area contributed by atoms with Crippen LogP contribution in [0.4, 0.5) is 15.8 Å². The van der Waals surface area contributed by atoms with Gasteiger partial charge in [-0.25, -0.2) is 9.38 Å². The molecule has 2 fully saturated rings. The summed E-state index contributed by atoms with van der Waals surface area (Å²) in [6.45, 7) is 1.98. The van der Waals surface area contributed by atoms with Crippen LogP contribution in [0.5, 0.6) is 0 Å². The van der Waals surface area contributed by atoms with Crippen LogP contribution in [0.1, 0.15) is 35.0 Å². The van der Waals surface area contributed by atoms with Crippen LogP contribution in [0.25, 0.3) is 0 Å². The number of hydrogen-bond donors (Lipinski definition) is 1. The topological polar surface area (TPSA) is 78.1 Å². The van der Waals surface area contributed by atoms with E-state index in [1.807, 2.05) is 42.5 Å². The summed E-state index contributed by atoms with van der Waals surface area (Å²) >= 11 is 1.31. The maximum atomic E-state index is 13.8. The summed E-state index contributed by atoms with van der Waals surface area (Å²) in [4.78, 5) is 35.2. The Morgan fingerprint density at radius 3 is 2.62 bits per heavy atom. The first kappa shape index (κ1) is 27.9. The minimum absolute atomic E-state index is 0.00577. The SMILES string of the molecule is O=C(Nc1ccc(C2SC(=Nc3cccc(F)c3)N(Cc3ccco3)C2=O)cc1)[C@@H]1CCCN1CCc1ccccc1. The summed E-state index contributed by atoms with van der Waals surface area (Å²) in [5, 5.41) is 3.02. The Balaban J connectivity index is 1.13. The molecule has 1 N–H and O–H groups in total. The summed E-state index contributed by atoms with van der Waals surface area (Å²) in [5.41, 5.74) is 3.18. The number of rotatable bonds is 9. The predicted molar refractivity (Wildman–Crippen MR) is 163 cm³/mol. The molecule has 9 heteroatoms. The third kappa shape index (κ3) is 6.48. The summed E-state index contributed by atoms with van der Waals surface area (Å²) < 4.78 is 19.3. The fourth-order valence-corrected chi connectivity index (χ4v) is 6.56. The maximum Gasteiger partial charge on any atom is 0.247 e. The van der Waals surface area contributed by atoms with Gasteiger partial charge in [0.2, 0.25) is 11.8 Å². The van der Waals surface area contributed by atoms with Crippen LogP contribution in [0.15, 0.2) is 107 Å². The molecule has 0 spiro atoms. The minimum Gasteiger partial charge on any atom is -0.467 e. The number of anilines is 1. The number of nitrogens with zero attached hydrogens (tertiary/aromatic N) is 3. The molecule has 3 aromatic carbocycles. The highest BCUT2D eigenvalue weighted by Crippen LogP contribution is 2.41. The third-order valence-electron chi connectivity index (χ3n) is 7.55. The number of amidine groups is 1. The summed E-state index contributed by atoms with van der Waals surface area (Å²) in [5.74, 6) is 0.0892. The summed E-state index contributed by atoms with van der Waals surface area (Å²) in [6.07, 6.45) is 4.31. The van der Waals surface area contributed by atoms with Crippen LogP contribution in [0.3, 0.4) is 0 Å². The third-order valence-corrected chi connectivity index (χ3v) is 8.78. The number of aliphatic imine (C=N–C) groups is 1. The van der Waals surface area contributed by atoms with E-state index in [1.54, 1.807) is 35.4 Å². The fraction of sp³-hybridized carbons (Fsp3) is 0.242. The van der Waals surface area contributed by atoms with E-state index in [2.05, 4.69) is 27.3 Å². The van der Waals surface area contributed by atoms with Crippen molar-refractivity contribution >= 4 is 40.1 Å². The van der Waals surface area contributed by atoms with Crippen LogP contribution in [-0.4, -0.2) is 45.9 Å². The van der Waals surface area contributed by atoms with Gasteiger partial charge in [0.1, 0.15) is 16.8 Å². The van der Waals surface area contributed by atoms with Crippen molar-refractivity contribution in [3.05, 3.63) is 120 Å². The first-order valence-corrected chi connectivity index (χ1v) is 14.9. The lowest BCUT2D eigenvalue weighted by atomic mass is 10.1. The number of carbonyl (C=O) groups excluding carboxylic acids is 2. The van der Waals surface area contributed by atoms with Crippen molar-refractivity contribution in [3.8, 4) is 0 Å². The van der Waals surface area contributed by atoms with Crippen LogP contribution in [0.2, 0.25) is 0 Å². The average Bonchev–Trinajstić information content (AvgIpc) is 3.76. The highest BCUT2D eigenvalue weighted by Gasteiger charge is 2.39. The molecule has 214 valence electrons. The molecule has 2 amide bonds.